The Morgan fingerprint density at radius 3 is 1.51 bits per heavy atom. The molecular weight excluding hydrogens is 889 g/mol. The van der Waals surface area contributed by atoms with E-state index >= 15 is 0 Å². The number of hydrogen-bond donors (Lipinski definition) is 12. The molecule has 0 aliphatic heterocycles. The van der Waals surface area contributed by atoms with Crippen molar-refractivity contribution in [3.63, 3.8) is 0 Å². The summed E-state index contributed by atoms with van der Waals surface area (Å²) in [7, 11) is 0. The van der Waals surface area contributed by atoms with E-state index in [0.29, 0.717) is 11.1 Å². The van der Waals surface area contributed by atoms with Gasteiger partial charge in [-0.1, -0.05) is 94.4 Å². The van der Waals surface area contributed by atoms with Crippen LogP contribution in [0.5, 0.6) is 0 Å². The van der Waals surface area contributed by atoms with Gasteiger partial charge in [-0.25, -0.2) is 0 Å². The number of carbonyl (C=O) groups excluding carboxylic acids is 7. The maximum atomic E-state index is 14.5. The second kappa shape index (κ2) is 24.4. The fourth-order valence-electron chi connectivity index (χ4n) is 7.86. The highest BCUT2D eigenvalue weighted by molar-refractivity contribution is 5.98. The summed E-state index contributed by atoms with van der Waals surface area (Å²) in [6.07, 6.45) is 2.69. The van der Waals surface area contributed by atoms with Crippen LogP contribution < -0.4 is 43.4 Å². The number of aliphatic hydroxyl groups excluding tert-OH is 1. The topological polar surface area (TPSA) is 333 Å². The standard InChI is InChI=1S/C49H62N10O10/c1-26(2)18-37(45(65)54-36(43(51)63)19-28-12-6-5-7-13-28)55-46(66)38(20-29-23-52-34-16-10-8-14-31(29)34)57-49(69)42(27(3)4)59-47(67)39(21-30-24-53-35-17-11-9-15-32(30)35)56-48(68)40(25-60)58-44(64)33(50)22-41(61)62/h5-17,23-24,26-27,33,36-40,42,52-53,60H,18-22,25,50H2,1-4H3,(H2,51,63)(H,54,65)(H,55,66)(H,56,68)(H,57,69)(H,58,64)(H,59,67)(H,61,62)/t33-,36-,37-,38+,39+,40-,42-/m0/s1. The SMILES string of the molecule is CC(C)C[C@H](NC(=O)[C@@H](Cc1c[nH]c2ccccc12)NC(=O)[C@@H](NC(=O)[C@@H](Cc1c[nH]c2ccccc12)NC(=O)[C@H](CO)NC(=O)[C@@H](N)CC(=O)O)C(C)C)C(=O)N[C@@H](Cc1ccccc1)C(N)=O. The minimum absolute atomic E-state index is 0.0576. The van der Waals surface area contributed by atoms with Crippen LogP contribution in [0.3, 0.4) is 0 Å². The van der Waals surface area contributed by atoms with Gasteiger partial charge in [-0.15, -0.1) is 0 Å². The maximum absolute atomic E-state index is 14.5. The molecule has 5 rings (SSSR count). The van der Waals surface area contributed by atoms with Gasteiger partial charge < -0.3 is 63.5 Å². The molecule has 3 aromatic carbocycles. The van der Waals surface area contributed by atoms with E-state index in [1.54, 1.807) is 62.6 Å². The normalized spacial score (nSPS) is 14.4. The van der Waals surface area contributed by atoms with Crippen molar-refractivity contribution in [3.05, 3.63) is 108 Å². The van der Waals surface area contributed by atoms with E-state index in [4.69, 9.17) is 16.6 Å². The third-order valence-electron chi connectivity index (χ3n) is 11.5. The van der Waals surface area contributed by atoms with Crippen molar-refractivity contribution in [2.45, 2.75) is 102 Å². The van der Waals surface area contributed by atoms with Crippen molar-refractivity contribution in [2.75, 3.05) is 6.61 Å². The number of nitrogens with one attached hydrogen (secondary N) is 8. The summed E-state index contributed by atoms with van der Waals surface area (Å²) in [4.78, 5) is 114. The van der Waals surface area contributed by atoms with Crippen LogP contribution in [-0.4, -0.2) is 116 Å². The summed E-state index contributed by atoms with van der Waals surface area (Å²) in [6, 6.07) is 14.0. The molecule has 0 saturated carbocycles. The van der Waals surface area contributed by atoms with Crippen molar-refractivity contribution in [3.8, 4) is 0 Å². The molecule has 368 valence electrons. The fourth-order valence-corrected chi connectivity index (χ4v) is 7.86. The summed E-state index contributed by atoms with van der Waals surface area (Å²) >= 11 is 0. The molecule has 0 aliphatic rings. The van der Waals surface area contributed by atoms with Gasteiger partial charge in [0.25, 0.3) is 0 Å². The largest absolute Gasteiger partial charge is 0.481 e. The molecule has 2 heterocycles. The van der Waals surface area contributed by atoms with E-state index < -0.39 is 109 Å². The zero-order valence-corrected chi connectivity index (χ0v) is 38.9. The van der Waals surface area contributed by atoms with E-state index in [-0.39, 0.29) is 31.6 Å². The molecule has 14 N–H and O–H groups in total. The minimum atomic E-state index is -1.64. The van der Waals surface area contributed by atoms with Crippen LogP contribution >= 0.6 is 0 Å². The monoisotopic (exact) mass is 950 g/mol. The van der Waals surface area contributed by atoms with Gasteiger partial charge in [-0.3, -0.25) is 38.4 Å². The number of aromatic nitrogens is 2. The first kappa shape index (κ1) is 52.4. The van der Waals surface area contributed by atoms with Crippen molar-refractivity contribution in [1.29, 1.82) is 0 Å². The Morgan fingerprint density at radius 1 is 0.551 bits per heavy atom. The lowest BCUT2D eigenvalue weighted by atomic mass is 9.98. The Morgan fingerprint density at radius 2 is 1.00 bits per heavy atom. The molecule has 0 saturated heterocycles. The number of aromatic amines is 2. The number of para-hydroxylation sites is 2. The predicted molar refractivity (Wildman–Crippen MR) is 257 cm³/mol. The maximum Gasteiger partial charge on any atom is 0.305 e. The molecule has 5 aromatic rings. The first-order valence-electron chi connectivity index (χ1n) is 22.7. The number of amides is 7. The number of primary amides is 1. The summed E-state index contributed by atoms with van der Waals surface area (Å²) in [5, 5.41) is 36.5. The Balaban J connectivity index is 1.41. The van der Waals surface area contributed by atoms with E-state index in [9.17, 15) is 43.5 Å². The van der Waals surface area contributed by atoms with Crippen LogP contribution in [0.1, 0.15) is 57.2 Å². The molecule has 7 atom stereocenters. The molecule has 20 nitrogen and oxygen atoms in total. The van der Waals surface area contributed by atoms with Gasteiger partial charge in [-0.2, -0.15) is 0 Å². The molecule has 7 amide bonds. The lowest BCUT2D eigenvalue weighted by Gasteiger charge is -2.29. The molecule has 0 fully saturated rings. The molecule has 0 unspecified atom stereocenters. The number of aliphatic hydroxyl groups is 1. The predicted octanol–water partition coefficient (Wildman–Crippen LogP) is 0.568. The van der Waals surface area contributed by atoms with Crippen LogP contribution in [0.15, 0.2) is 91.3 Å². The highest BCUT2D eigenvalue weighted by Gasteiger charge is 2.35. The zero-order valence-electron chi connectivity index (χ0n) is 38.9. The fraction of sp³-hybridized carbons (Fsp3) is 0.388. The van der Waals surface area contributed by atoms with E-state index in [2.05, 4.69) is 41.9 Å². The number of rotatable bonds is 25. The van der Waals surface area contributed by atoms with Crippen LogP contribution in [0, 0.1) is 11.8 Å². The number of carboxylic acid groups (broad SMARTS) is 1. The van der Waals surface area contributed by atoms with Crippen molar-refractivity contribution < 1.29 is 48.6 Å². The number of hydrogen-bond acceptors (Lipinski definition) is 10. The van der Waals surface area contributed by atoms with E-state index in [1.807, 2.05) is 56.3 Å². The summed E-state index contributed by atoms with van der Waals surface area (Å²) < 4.78 is 0. The Hall–Kier alpha value is -7.58. The summed E-state index contributed by atoms with van der Waals surface area (Å²) in [6.45, 7) is 6.11. The van der Waals surface area contributed by atoms with Crippen LogP contribution in [-0.2, 0) is 57.6 Å². The van der Waals surface area contributed by atoms with Gasteiger partial charge in [0.2, 0.25) is 41.4 Å². The number of benzene rings is 3. The van der Waals surface area contributed by atoms with Crippen molar-refractivity contribution in [1.82, 2.24) is 41.9 Å². The molecule has 0 bridgehead atoms. The van der Waals surface area contributed by atoms with Crippen molar-refractivity contribution >= 4 is 69.1 Å². The Labute approximate surface area is 398 Å². The van der Waals surface area contributed by atoms with Gasteiger partial charge in [0, 0.05) is 53.5 Å². The summed E-state index contributed by atoms with van der Waals surface area (Å²) in [5.74, 6) is -7.87. The second-order valence-electron chi connectivity index (χ2n) is 17.8. The number of fused-ring (bicyclic) bond motifs is 2. The van der Waals surface area contributed by atoms with E-state index in [1.165, 1.54) is 0 Å². The molecular formula is C49H62N10O10. The molecule has 69 heavy (non-hydrogen) atoms. The number of carbonyl (C=O) groups is 8. The van der Waals surface area contributed by atoms with Gasteiger partial charge in [0.15, 0.2) is 0 Å². The number of nitrogens with two attached hydrogens (primary N) is 2. The van der Waals surface area contributed by atoms with Gasteiger partial charge >= 0.3 is 5.97 Å². The first-order valence-corrected chi connectivity index (χ1v) is 22.7. The van der Waals surface area contributed by atoms with Gasteiger partial charge in [0.1, 0.15) is 36.3 Å². The van der Waals surface area contributed by atoms with Crippen LogP contribution in [0.25, 0.3) is 21.8 Å². The van der Waals surface area contributed by atoms with Gasteiger partial charge in [-0.05, 0) is 47.1 Å². The third-order valence-corrected chi connectivity index (χ3v) is 11.5. The van der Waals surface area contributed by atoms with E-state index in [0.717, 1.165) is 27.4 Å². The molecule has 0 spiro atoms. The third kappa shape index (κ3) is 14.7. The lowest BCUT2D eigenvalue weighted by Crippen LogP contribution is -2.61. The van der Waals surface area contributed by atoms with Gasteiger partial charge in [0.05, 0.1) is 19.1 Å². The average molecular weight is 951 g/mol. The Kier molecular flexibility index (Phi) is 18.6. The number of aliphatic carboxylic acids is 1. The minimum Gasteiger partial charge on any atom is -0.481 e. The number of H-pyrrole nitrogens is 2. The van der Waals surface area contributed by atoms with Crippen LogP contribution in [0.2, 0.25) is 0 Å². The van der Waals surface area contributed by atoms with Crippen molar-refractivity contribution in [2.24, 2.45) is 23.3 Å². The molecule has 0 radical (unpaired) electrons. The molecule has 0 aliphatic carbocycles. The first-order chi connectivity index (χ1) is 32.8. The van der Waals surface area contributed by atoms with Crippen LogP contribution in [0.4, 0.5) is 0 Å². The summed E-state index contributed by atoms with van der Waals surface area (Å²) in [5.41, 5.74) is 14.9. The lowest BCUT2D eigenvalue weighted by molar-refractivity contribution is -0.140. The number of carboxylic acids is 1. The zero-order chi connectivity index (χ0) is 50.4. The molecule has 2 aromatic heterocycles. The smallest absolute Gasteiger partial charge is 0.305 e. The quantitative estimate of drug-likeness (QED) is 0.0384. The molecule has 20 heteroatoms. The highest BCUT2D eigenvalue weighted by Crippen LogP contribution is 2.22. The Bertz CT molecular complexity index is 2610. The average Bonchev–Trinajstić information content (AvgIpc) is 3.92. The highest BCUT2D eigenvalue weighted by atomic mass is 16.4. The second-order valence-corrected chi connectivity index (χ2v) is 17.8.